The molecule has 0 aliphatic carbocycles. The highest BCUT2D eigenvalue weighted by atomic mass is 35.5. The zero-order valence-corrected chi connectivity index (χ0v) is 9.65. The minimum Gasteiger partial charge on any atom is -0.295 e. The maximum absolute atomic E-state index is 10.7. The lowest BCUT2D eigenvalue weighted by Gasteiger charge is -1.99. The molecule has 1 rings (SSSR count). The lowest BCUT2D eigenvalue weighted by Crippen LogP contribution is -1.81. The van der Waals surface area contributed by atoms with Crippen LogP contribution in [0.25, 0.3) is 0 Å². The summed E-state index contributed by atoms with van der Waals surface area (Å²) >= 11 is 7.24. The molecule has 0 aliphatic heterocycles. The molecule has 0 saturated heterocycles. The summed E-state index contributed by atoms with van der Waals surface area (Å²) < 4.78 is 0.501. The third kappa shape index (κ3) is 3.99. The van der Waals surface area contributed by atoms with Gasteiger partial charge in [-0.1, -0.05) is 41.1 Å². The van der Waals surface area contributed by atoms with Crippen molar-refractivity contribution in [3.63, 3.8) is 0 Å². The molecule has 0 atom stereocenters. The highest BCUT2D eigenvalue weighted by Crippen LogP contribution is 2.29. The summed E-state index contributed by atoms with van der Waals surface area (Å²) in [6, 6.07) is 7.99. The number of thioether (sulfide) groups is 1. The van der Waals surface area contributed by atoms with E-state index in [1.54, 1.807) is 0 Å². The number of carbonyl (C=O) groups excluding carboxylic acids is 1. The van der Waals surface area contributed by atoms with Gasteiger partial charge >= 0.3 is 0 Å². The van der Waals surface area contributed by atoms with E-state index in [9.17, 15) is 4.79 Å². The fourth-order valence-corrected chi connectivity index (χ4v) is 2.05. The van der Waals surface area contributed by atoms with Crippen molar-refractivity contribution in [2.75, 3.05) is 0 Å². The average molecular weight is 227 g/mol. The minimum atomic E-state index is -0.0328. The molecule has 74 valence electrons. The van der Waals surface area contributed by atoms with Crippen LogP contribution < -0.4 is 0 Å². The SMILES string of the molecule is CC(=O)/C=C(\Cl)Sc1ccc(C)cc1. The predicted octanol–water partition coefficient (Wildman–Crippen LogP) is 3.76. The van der Waals surface area contributed by atoms with Crippen LogP contribution in [0, 0.1) is 6.92 Å². The molecule has 0 saturated carbocycles. The maximum atomic E-state index is 10.7. The van der Waals surface area contributed by atoms with Crippen LogP contribution in [-0.4, -0.2) is 5.78 Å². The molecule has 1 aromatic rings. The standard InChI is InChI=1S/C11H11ClOS/c1-8-3-5-10(6-4-8)14-11(12)7-9(2)13/h3-7H,1-2H3/b11-7+. The summed E-state index contributed by atoms with van der Waals surface area (Å²) in [7, 11) is 0. The summed E-state index contributed by atoms with van der Waals surface area (Å²) in [5, 5.41) is 0. The molecule has 1 aromatic carbocycles. The van der Waals surface area contributed by atoms with Gasteiger partial charge in [-0.3, -0.25) is 4.79 Å². The Hall–Kier alpha value is -0.730. The fraction of sp³-hybridized carbons (Fsp3) is 0.182. The smallest absolute Gasteiger partial charge is 0.154 e. The maximum Gasteiger partial charge on any atom is 0.154 e. The van der Waals surface area contributed by atoms with E-state index >= 15 is 0 Å². The summed E-state index contributed by atoms with van der Waals surface area (Å²) in [5.41, 5.74) is 1.21. The van der Waals surface area contributed by atoms with Crippen LogP contribution in [0.3, 0.4) is 0 Å². The highest BCUT2D eigenvalue weighted by Gasteiger charge is 1.98. The first-order valence-electron chi connectivity index (χ1n) is 4.20. The van der Waals surface area contributed by atoms with Gasteiger partial charge < -0.3 is 0 Å². The summed E-state index contributed by atoms with van der Waals surface area (Å²) in [6.45, 7) is 3.51. The number of rotatable bonds is 3. The summed E-state index contributed by atoms with van der Waals surface area (Å²) in [5.74, 6) is -0.0328. The van der Waals surface area contributed by atoms with Crippen molar-refractivity contribution in [1.29, 1.82) is 0 Å². The van der Waals surface area contributed by atoms with Gasteiger partial charge in [-0.05, 0) is 26.0 Å². The molecule has 0 unspecified atom stereocenters. The molecule has 0 N–H and O–H groups in total. The van der Waals surface area contributed by atoms with E-state index in [0.29, 0.717) is 4.36 Å². The number of carbonyl (C=O) groups is 1. The second kappa shape index (κ2) is 5.23. The van der Waals surface area contributed by atoms with Gasteiger partial charge in [-0.2, -0.15) is 0 Å². The largest absolute Gasteiger partial charge is 0.295 e. The van der Waals surface area contributed by atoms with Crippen molar-refractivity contribution in [3.05, 3.63) is 40.3 Å². The Kier molecular flexibility index (Phi) is 4.23. The van der Waals surface area contributed by atoms with E-state index in [-0.39, 0.29) is 5.78 Å². The molecule has 3 heteroatoms. The second-order valence-corrected chi connectivity index (χ2v) is 4.72. The lowest BCUT2D eigenvalue weighted by atomic mass is 10.2. The minimum absolute atomic E-state index is 0.0328. The van der Waals surface area contributed by atoms with Gasteiger partial charge in [0.1, 0.15) is 0 Å². The Morgan fingerprint density at radius 1 is 1.36 bits per heavy atom. The van der Waals surface area contributed by atoms with Gasteiger partial charge in [0.05, 0.1) is 4.36 Å². The van der Waals surface area contributed by atoms with Gasteiger partial charge in [-0.15, -0.1) is 0 Å². The van der Waals surface area contributed by atoms with E-state index in [2.05, 4.69) is 0 Å². The van der Waals surface area contributed by atoms with E-state index in [0.717, 1.165) is 4.90 Å². The topological polar surface area (TPSA) is 17.1 Å². The van der Waals surface area contributed by atoms with E-state index in [1.807, 2.05) is 31.2 Å². The van der Waals surface area contributed by atoms with Crippen LogP contribution in [0.5, 0.6) is 0 Å². The van der Waals surface area contributed by atoms with Crippen molar-refractivity contribution in [3.8, 4) is 0 Å². The van der Waals surface area contributed by atoms with Crippen molar-refractivity contribution >= 4 is 29.1 Å². The normalized spacial score (nSPS) is 11.5. The van der Waals surface area contributed by atoms with Gasteiger partial charge in [0.2, 0.25) is 0 Å². The van der Waals surface area contributed by atoms with E-state index < -0.39 is 0 Å². The molecule has 0 aliphatic rings. The number of allylic oxidation sites excluding steroid dienone is 1. The monoisotopic (exact) mass is 226 g/mol. The van der Waals surface area contributed by atoms with Crippen LogP contribution >= 0.6 is 23.4 Å². The van der Waals surface area contributed by atoms with Gasteiger partial charge in [0.25, 0.3) is 0 Å². The quantitative estimate of drug-likeness (QED) is 0.577. The van der Waals surface area contributed by atoms with Crippen LogP contribution in [-0.2, 0) is 4.79 Å². The number of hydrogen-bond donors (Lipinski definition) is 0. The summed E-state index contributed by atoms with van der Waals surface area (Å²) in [6.07, 6.45) is 1.42. The average Bonchev–Trinajstić information content (AvgIpc) is 2.07. The van der Waals surface area contributed by atoms with Gasteiger partial charge in [0, 0.05) is 11.0 Å². The first-order chi connectivity index (χ1) is 6.58. The molecule has 0 aromatic heterocycles. The van der Waals surface area contributed by atoms with Crippen molar-refractivity contribution < 1.29 is 4.79 Å². The number of hydrogen-bond acceptors (Lipinski definition) is 2. The number of aryl methyl sites for hydroxylation is 1. The van der Waals surface area contributed by atoms with Gasteiger partial charge in [0.15, 0.2) is 5.78 Å². The first kappa shape index (κ1) is 11.3. The fourth-order valence-electron chi connectivity index (χ4n) is 0.908. The number of ketones is 1. The van der Waals surface area contributed by atoms with E-state index in [4.69, 9.17) is 11.6 Å². The predicted molar refractivity (Wildman–Crippen MR) is 61.7 cm³/mol. The third-order valence-corrected chi connectivity index (χ3v) is 2.71. The van der Waals surface area contributed by atoms with Crippen molar-refractivity contribution in [1.82, 2.24) is 0 Å². The Bertz CT molecular complexity index is 354. The Labute approximate surface area is 93.2 Å². The Balaban J connectivity index is 2.69. The van der Waals surface area contributed by atoms with Crippen LogP contribution in [0.4, 0.5) is 0 Å². The molecule has 0 bridgehead atoms. The highest BCUT2D eigenvalue weighted by molar-refractivity contribution is 8.04. The zero-order chi connectivity index (χ0) is 10.6. The molecule has 0 spiro atoms. The number of benzene rings is 1. The van der Waals surface area contributed by atoms with Crippen LogP contribution in [0.15, 0.2) is 39.6 Å². The van der Waals surface area contributed by atoms with Crippen molar-refractivity contribution in [2.24, 2.45) is 0 Å². The Morgan fingerprint density at radius 2 is 1.93 bits per heavy atom. The molecule has 0 amide bonds. The second-order valence-electron chi connectivity index (χ2n) is 2.97. The molecule has 1 nitrogen and oxygen atoms in total. The molecule has 0 heterocycles. The molecule has 0 fully saturated rings. The Morgan fingerprint density at radius 3 is 2.43 bits per heavy atom. The molecular formula is C11H11ClOS. The van der Waals surface area contributed by atoms with Crippen LogP contribution in [0.1, 0.15) is 12.5 Å². The van der Waals surface area contributed by atoms with Gasteiger partial charge in [-0.25, -0.2) is 0 Å². The van der Waals surface area contributed by atoms with Crippen molar-refractivity contribution in [2.45, 2.75) is 18.7 Å². The van der Waals surface area contributed by atoms with Crippen LogP contribution in [0.2, 0.25) is 0 Å². The zero-order valence-electron chi connectivity index (χ0n) is 8.08. The molecule has 0 radical (unpaired) electrons. The first-order valence-corrected chi connectivity index (χ1v) is 5.39. The molecule has 14 heavy (non-hydrogen) atoms. The third-order valence-electron chi connectivity index (χ3n) is 1.55. The molecular weight excluding hydrogens is 216 g/mol. The summed E-state index contributed by atoms with van der Waals surface area (Å²) in [4.78, 5) is 11.8. The lowest BCUT2D eigenvalue weighted by molar-refractivity contribution is -0.112. The van der Waals surface area contributed by atoms with E-state index in [1.165, 1.54) is 30.3 Å². The number of halogens is 1.